The van der Waals surface area contributed by atoms with Crippen LogP contribution in [0.15, 0.2) is 58.5 Å². The first-order chi connectivity index (χ1) is 15.6. The Kier molecular flexibility index (Phi) is 6.47. The summed E-state index contributed by atoms with van der Waals surface area (Å²) in [6, 6.07) is 16.7. The molecule has 0 saturated heterocycles. The van der Waals surface area contributed by atoms with Crippen LogP contribution in [0.25, 0.3) is 16.6 Å². The lowest BCUT2D eigenvalue weighted by Crippen LogP contribution is -2.45. The Labute approximate surface area is 190 Å². The fraction of sp³-hybridized carbons (Fsp3) is 0.333. The van der Waals surface area contributed by atoms with E-state index in [2.05, 4.69) is 16.4 Å². The average molecular weight is 449 g/mol. The number of para-hydroxylation sites is 3. The quantitative estimate of drug-likeness (QED) is 0.436. The van der Waals surface area contributed by atoms with Crippen molar-refractivity contribution in [3.8, 4) is 17.5 Å². The molecular formula is C24H24N4O3S. The highest BCUT2D eigenvalue weighted by molar-refractivity contribution is 7.99. The number of nitrogens with one attached hydrogen (secondary N) is 1. The molecule has 1 N–H and O–H groups in total. The van der Waals surface area contributed by atoms with Gasteiger partial charge in [0.1, 0.15) is 11.3 Å². The van der Waals surface area contributed by atoms with Gasteiger partial charge in [0.2, 0.25) is 5.91 Å². The van der Waals surface area contributed by atoms with Crippen LogP contribution < -0.4 is 15.6 Å². The van der Waals surface area contributed by atoms with E-state index >= 15 is 0 Å². The van der Waals surface area contributed by atoms with Crippen molar-refractivity contribution in [1.29, 1.82) is 5.26 Å². The van der Waals surface area contributed by atoms with Crippen LogP contribution in [-0.2, 0) is 4.79 Å². The molecule has 1 aromatic heterocycles. The molecule has 8 heteroatoms. The van der Waals surface area contributed by atoms with E-state index in [1.54, 1.807) is 30.3 Å². The maximum Gasteiger partial charge on any atom is 0.266 e. The van der Waals surface area contributed by atoms with E-state index in [1.165, 1.54) is 16.3 Å². The Morgan fingerprint density at radius 1 is 1.22 bits per heavy atom. The van der Waals surface area contributed by atoms with Gasteiger partial charge in [0.05, 0.1) is 35.0 Å². The molecule has 0 radical (unpaired) electrons. The Bertz CT molecular complexity index is 1240. The molecule has 2 aromatic carbocycles. The number of fused-ring (bicyclic) bond motifs is 1. The molecule has 3 aromatic rings. The Morgan fingerprint density at radius 3 is 2.69 bits per heavy atom. The van der Waals surface area contributed by atoms with E-state index in [0.29, 0.717) is 46.9 Å². The van der Waals surface area contributed by atoms with Crippen molar-refractivity contribution in [2.45, 2.75) is 43.3 Å². The maximum absolute atomic E-state index is 13.4. The third-order valence-electron chi connectivity index (χ3n) is 5.53. The van der Waals surface area contributed by atoms with E-state index in [1.807, 2.05) is 25.1 Å². The van der Waals surface area contributed by atoms with Gasteiger partial charge in [-0.15, -0.1) is 0 Å². The number of thioether (sulfide) groups is 1. The second-order valence-electron chi connectivity index (χ2n) is 7.69. The predicted octanol–water partition coefficient (Wildman–Crippen LogP) is 3.83. The van der Waals surface area contributed by atoms with Crippen LogP contribution in [-0.4, -0.2) is 33.4 Å². The van der Waals surface area contributed by atoms with Crippen LogP contribution in [0.3, 0.4) is 0 Å². The van der Waals surface area contributed by atoms with Gasteiger partial charge >= 0.3 is 0 Å². The van der Waals surface area contributed by atoms with Crippen molar-refractivity contribution in [2.24, 2.45) is 0 Å². The number of ether oxygens (including phenoxy) is 1. The monoisotopic (exact) mass is 448 g/mol. The molecule has 164 valence electrons. The van der Waals surface area contributed by atoms with Crippen molar-refractivity contribution in [3.05, 3.63) is 58.9 Å². The molecular weight excluding hydrogens is 424 g/mol. The number of benzene rings is 2. The van der Waals surface area contributed by atoms with Crippen LogP contribution >= 0.6 is 11.8 Å². The summed E-state index contributed by atoms with van der Waals surface area (Å²) >= 11 is 1.17. The Morgan fingerprint density at radius 2 is 1.94 bits per heavy atom. The van der Waals surface area contributed by atoms with E-state index in [-0.39, 0.29) is 17.2 Å². The zero-order valence-electron chi connectivity index (χ0n) is 17.8. The number of nitriles is 1. The number of hydrogen-bond donors (Lipinski definition) is 1. The fourth-order valence-corrected chi connectivity index (χ4v) is 4.82. The molecule has 1 aliphatic carbocycles. The summed E-state index contributed by atoms with van der Waals surface area (Å²) < 4.78 is 7.24. The number of hydrogen-bond acceptors (Lipinski definition) is 6. The molecule has 4 rings (SSSR count). The second-order valence-corrected chi connectivity index (χ2v) is 8.63. The number of aromatic nitrogens is 2. The summed E-state index contributed by atoms with van der Waals surface area (Å²) in [5.74, 6) is 0.366. The lowest BCUT2D eigenvalue weighted by molar-refractivity contribution is -0.119. The van der Waals surface area contributed by atoms with Crippen LogP contribution in [0.2, 0.25) is 0 Å². The highest BCUT2D eigenvalue weighted by Gasteiger charge is 2.35. The van der Waals surface area contributed by atoms with Crippen LogP contribution in [0, 0.1) is 11.3 Å². The van der Waals surface area contributed by atoms with Crippen molar-refractivity contribution in [1.82, 2.24) is 14.9 Å². The van der Waals surface area contributed by atoms with Gasteiger partial charge in [-0.25, -0.2) is 4.98 Å². The number of amides is 1. The third-order valence-corrected chi connectivity index (χ3v) is 6.47. The standard InChI is InChI=1S/C24H24N4O3S/c1-2-31-20-12-6-5-11-19(20)28-22(30)17-9-3-4-10-18(17)26-23(28)32-15-21(29)27-24(16-25)13-7-8-14-24/h3-6,9-12H,2,7-8,13-15H2,1H3,(H,27,29). The molecule has 1 aliphatic rings. The summed E-state index contributed by atoms with van der Waals surface area (Å²) in [7, 11) is 0. The Balaban J connectivity index is 1.71. The zero-order valence-corrected chi connectivity index (χ0v) is 18.7. The lowest BCUT2D eigenvalue weighted by atomic mass is 10.0. The van der Waals surface area contributed by atoms with Crippen molar-refractivity contribution >= 4 is 28.6 Å². The number of carbonyl (C=O) groups is 1. The molecule has 0 bridgehead atoms. The van der Waals surface area contributed by atoms with E-state index in [0.717, 1.165) is 12.8 Å². The van der Waals surface area contributed by atoms with Gasteiger partial charge in [0.15, 0.2) is 5.16 Å². The Hall–Kier alpha value is -3.31. The van der Waals surface area contributed by atoms with Gasteiger partial charge in [0, 0.05) is 0 Å². The van der Waals surface area contributed by atoms with Gasteiger partial charge in [-0.1, -0.05) is 36.0 Å². The third kappa shape index (κ3) is 4.34. The summed E-state index contributed by atoms with van der Waals surface area (Å²) in [5.41, 5.74) is 0.130. The van der Waals surface area contributed by atoms with Gasteiger partial charge in [0.25, 0.3) is 5.56 Å². The molecule has 32 heavy (non-hydrogen) atoms. The number of rotatable bonds is 7. The predicted molar refractivity (Wildman–Crippen MR) is 124 cm³/mol. The summed E-state index contributed by atoms with van der Waals surface area (Å²) in [5, 5.41) is 13.3. The molecule has 0 atom stereocenters. The highest BCUT2D eigenvalue weighted by atomic mass is 32.2. The summed E-state index contributed by atoms with van der Waals surface area (Å²) in [4.78, 5) is 30.8. The van der Waals surface area contributed by atoms with E-state index < -0.39 is 5.54 Å². The highest BCUT2D eigenvalue weighted by Crippen LogP contribution is 2.30. The minimum Gasteiger partial charge on any atom is -0.492 e. The minimum absolute atomic E-state index is 0.0466. The first kappa shape index (κ1) is 21.9. The molecule has 1 fully saturated rings. The van der Waals surface area contributed by atoms with Gasteiger partial charge in [-0.05, 0) is 56.9 Å². The summed E-state index contributed by atoms with van der Waals surface area (Å²) in [6.07, 6.45) is 3.20. The normalized spacial score (nSPS) is 14.8. The minimum atomic E-state index is -0.782. The second kappa shape index (κ2) is 9.45. The van der Waals surface area contributed by atoms with Gasteiger partial charge < -0.3 is 10.1 Å². The number of nitrogens with zero attached hydrogens (tertiary/aromatic N) is 3. The largest absolute Gasteiger partial charge is 0.492 e. The van der Waals surface area contributed by atoms with Crippen molar-refractivity contribution in [2.75, 3.05) is 12.4 Å². The van der Waals surface area contributed by atoms with Crippen LogP contribution in [0.5, 0.6) is 5.75 Å². The van der Waals surface area contributed by atoms with E-state index in [4.69, 9.17) is 4.74 Å². The number of carbonyl (C=O) groups excluding carboxylic acids is 1. The first-order valence-corrected chi connectivity index (χ1v) is 11.6. The first-order valence-electron chi connectivity index (χ1n) is 10.7. The van der Waals surface area contributed by atoms with E-state index in [9.17, 15) is 14.9 Å². The van der Waals surface area contributed by atoms with Crippen LogP contribution in [0.4, 0.5) is 0 Å². The van der Waals surface area contributed by atoms with Gasteiger partial charge in [-0.3, -0.25) is 14.2 Å². The molecule has 1 saturated carbocycles. The molecule has 0 unspecified atom stereocenters. The van der Waals surface area contributed by atoms with Crippen LogP contribution in [0.1, 0.15) is 32.6 Å². The SMILES string of the molecule is CCOc1ccccc1-n1c(SCC(=O)NC2(C#N)CCCC2)nc2ccccc2c1=O. The average Bonchev–Trinajstić information content (AvgIpc) is 3.27. The molecule has 1 heterocycles. The zero-order chi connectivity index (χ0) is 22.6. The van der Waals surface area contributed by atoms with Crippen molar-refractivity contribution in [3.63, 3.8) is 0 Å². The maximum atomic E-state index is 13.4. The fourth-order valence-electron chi connectivity index (χ4n) is 4.02. The lowest BCUT2D eigenvalue weighted by Gasteiger charge is -2.22. The topological polar surface area (TPSA) is 97.0 Å². The van der Waals surface area contributed by atoms with Crippen molar-refractivity contribution < 1.29 is 9.53 Å². The smallest absolute Gasteiger partial charge is 0.266 e. The van der Waals surface area contributed by atoms with Gasteiger partial charge in [-0.2, -0.15) is 5.26 Å². The molecule has 0 spiro atoms. The molecule has 0 aliphatic heterocycles. The summed E-state index contributed by atoms with van der Waals surface area (Å²) in [6.45, 7) is 2.33. The molecule has 7 nitrogen and oxygen atoms in total. The molecule has 1 amide bonds.